The number of anilines is 1. The van der Waals surface area contributed by atoms with Gasteiger partial charge in [-0.05, 0) is 31.4 Å². The zero-order chi connectivity index (χ0) is 10.7. The summed E-state index contributed by atoms with van der Waals surface area (Å²) in [6.45, 7) is 0. The van der Waals surface area contributed by atoms with E-state index in [0.717, 1.165) is 18.5 Å². The molecule has 1 saturated carbocycles. The summed E-state index contributed by atoms with van der Waals surface area (Å²) in [6, 6.07) is 7.40. The van der Waals surface area contributed by atoms with Crippen molar-refractivity contribution in [3.63, 3.8) is 0 Å². The molecule has 2 rings (SSSR count). The summed E-state index contributed by atoms with van der Waals surface area (Å²) >= 11 is 0. The number of esters is 1. The van der Waals surface area contributed by atoms with Gasteiger partial charge in [-0.2, -0.15) is 0 Å². The third-order valence-corrected chi connectivity index (χ3v) is 2.74. The van der Waals surface area contributed by atoms with E-state index in [9.17, 15) is 4.79 Å². The van der Waals surface area contributed by atoms with Crippen LogP contribution in [-0.4, -0.2) is 19.1 Å². The van der Waals surface area contributed by atoms with Crippen molar-refractivity contribution >= 4 is 11.7 Å². The summed E-state index contributed by atoms with van der Waals surface area (Å²) < 4.78 is 5.34. The lowest BCUT2D eigenvalue weighted by Crippen LogP contribution is -2.25. The maximum atomic E-state index is 11.8. The zero-order valence-electron chi connectivity index (χ0n) is 8.82. The average molecular weight is 205 g/mol. The number of ether oxygens (including phenoxy) is 1. The Hall–Kier alpha value is -1.51. The fourth-order valence-corrected chi connectivity index (χ4v) is 1.58. The number of nitrogens with one attached hydrogen (secondary N) is 1. The molecule has 0 aromatic heterocycles. The Kier molecular flexibility index (Phi) is 2.90. The van der Waals surface area contributed by atoms with Crippen molar-refractivity contribution in [1.82, 2.24) is 0 Å². The minimum Gasteiger partial charge on any atom is -0.459 e. The minimum atomic E-state index is -0.218. The number of hydrogen-bond acceptors (Lipinski definition) is 3. The van der Waals surface area contributed by atoms with E-state index in [-0.39, 0.29) is 12.1 Å². The van der Waals surface area contributed by atoms with Crippen molar-refractivity contribution in [2.45, 2.75) is 25.4 Å². The number of hydrogen-bond donors (Lipinski definition) is 1. The second-order valence-corrected chi connectivity index (χ2v) is 3.75. The largest absolute Gasteiger partial charge is 0.459 e. The Balaban J connectivity index is 2.09. The lowest BCUT2D eigenvalue weighted by molar-refractivity contribution is 0.00912. The van der Waals surface area contributed by atoms with Crippen LogP contribution in [-0.2, 0) is 4.74 Å². The van der Waals surface area contributed by atoms with Crippen molar-refractivity contribution in [3.05, 3.63) is 29.8 Å². The fraction of sp³-hybridized carbons (Fsp3) is 0.417. The number of carbonyl (C=O) groups excluding carboxylic acids is 1. The highest BCUT2D eigenvalue weighted by Crippen LogP contribution is 2.24. The van der Waals surface area contributed by atoms with Gasteiger partial charge in [0.2, 0.25) is 0 Å². The first-order valence-electron chi connectivity index (χ1n) is 5.29. The molecule has 3 nitrogen and oxygen atoms in total. The summed E-state index contributed by atoms with van der Waals surface area (Å²) in [6.07, 6.45) is 3.33. The van der Waals surface area contributed by atoms with Gasteiger partial charge in [0.15, 0.2) is 0 Å². The van der Waals surface area contributed by atoms with Crippen LogP contribution >= 0.6 is 0 Å². The van der Waals surface area contributed by atoms with Gasteiger partial charge >= 0.3 is 5.97 Å². The van der Waals surface area contributed by atoms with Crippen LogP contribution in [0.1, 0.15) is 29.6 Å². The summed E-state index contributed by atoms with van der Waals surface area (Å²) in [5.74, 6) is -0.218. The number of carbonyl (C=O) groups is 1. The molecule has 0 aliphatic heterocycles. The molecule has 0 bridgehead atoms. The van der Waals surface area contributed by atoms with E-state index in [2.05, 4.69) is 5.32 Å². The summed E-state index contributed by atoms with van der Waals surface area (Å²) in [7, 11) is 1.80. The van der Waals surface area contributed by atoms with Crippen LogP contribution in [0.4, 0.5) is 5.69 Å². The number of benzene rings is 1. The first-order chi connectivity index (χ1) is 7.31. The van der Waals surface area contributed by atoms with Gasteiger partial charge in [0.05, 0.1) is 5.56 Å². The second-order valence-electron chi connectivity index (χ2n) is 3.75. The van der Waals surface area contributed by atoms with E-state index < -0.39 is 0 Å². The average Bonchev–Trinajstić information content (AvgIpc) is 2.23. The van der Waals surface area contributed by atoms with Crippen LogP contribution in [0.3, 0.4) is 0 Å². The monoisotopic (exact) mass is 205 g/mol. The molecule has 1 aliphatic carbocycles. The van der Waals surface area contributed by atoms with Crippen molar-refractivity contribution in [1.29, 1.82) is 0 Å². The first kappa shape index (κ1) is 10.0. The minimum absolute atomic E-state index is 0.141. The maximum Gasteiger partial charge on any atom is 0.340 e. The normalized spacial score (nSPS) is 15.5. The highest BCUT2D eigenvalue weighted by atomic mass is 16.5. The standard InChI is InChI=1S/C12H15NO2/c1-13-11-8-3-2-7-10(11)12(14)15-9-5-4-6-9/h2-3,7-9,13H,4-6H2,1H3. The third-order valence-electron chi connectivity index (χ3n) is 2.74. The quantitative estimate of drug-likeness (QED) is 0.770. The lowest BCUT2D eigenvalue weighted by atomic mass is 9.96. The summed E-state index contributed by atoms with van der Waals surface area (Å²) in [5, 5.41) is 2.98. The molecule has 0 atom stereocenters. The Bertz CT molecular complexity index is 358. The molecule has 1 aromatic carbocycles. The fourth-order valence-electron chi connectivity index (χ4n) is 1.58. The van der Waals surface area contributed by atoms with E-state index in [1.165, 1.54) is 6.42 Å². The molecule has 0 radical (unpaired) electrons. The topological polar surface area (TPSA) is 38.3 Å². The molecule has 80 valence electrons. The van der Waals surface area contributed by atoms with Gasteiger partial charge in [-0.1, -0.05) is 12.1 Å². The molecule has 1 fully saturated rings. The molecule has 0 saturated heterocycles. The highest BCUT2D eigenvalue weighted by Gasteiger charge is 2.23. The zero-order valence-corrected chi connectivity index (χ0v) is 8.82. The number of para-hydroxylation sites is 1. The van der Waals surface area contributed by atoms with E-state index >= 15 is 0 Å². The molecule has 1 aromatic rings. The van der Waals surface area contributed by atoms with E-state index in [1.807, 2.05) is 18.2 Å². The van der Waals surface area contributed by atoms with Gasteiger partial charge in [0, 0.05) is 12.7 Å². The SMILES string of the molecule is CNc1ccccc1C(=O)OC1CCC1. The summed E-state index contributed by atoms with van der Waals surface area (Å²) in [5.41, 5.74) is 1.44. The van der Waals surface area contributed by atoms with Gasteiger partial charge in [-0.3, -0.25) is 0 Å². The van der Waals surface area contributed by atoms with Gasteiger partial charge in [0.25, 0.3) is 0 Å². The molecule has 0 heterocycles. The molecule has 15 heavy (non-hydrogen) atoms. The Morgan fingerprint density at radius 2 is 2.13 bits per heavy atom. The van der Waals surface area contributed by atoms with E-state index in [0.29, 0.717) is 5.56 Å². The molecular formula is C12H15NO2. The second kappa shape index (κ2) is 4.34. The summed E-state index contributed by atoms with van der Waals surface area (Å²) in [4.78, 5) is 11.8. The molecule has 0 spiro atoms. The van der Waals surface area contributed by atoms with E-state index in [4.69, 9.17) is 4.74 Å². The van der Waals surface area contributed by atoms with Crippen LogP contribution in [0.5, 0.6) is 0 Å². The molecule has 0 amide bonds. The van der Waals surface area contributed by atoms with Crippen LogP contribution in [0.15, 0.2) is 24.3 Å². The van der Waals surface area contributed by atoms with Crippen LogP contribution in [0.2, 0.25) is 0 Å². The first-order valence-corrected chi connectivity index (χ1v) is 5.29. The van der Waals surface area contributed by atoms with Crippen molar-refractivity contribution in [3.8, 4) is 0 Å². The van der Waals surface area contributed by atoms with Gasteiger partial charge in [-0.15, -0.1) is 0 Å². The molecule has 0 unspecified atom stereocenters. The van der Waals surface area contributed by atoms with Gasteiger partial charge in [0.1, 0.15) is 6.10 Å². The van der Waals surface area contributed by atoms with Crippen LogP contribution in [0, 0.1) is 0 Å². The number of rotatable bonds is 3. The molecular weight excluding hydrogens is 190 g/mol. The molecule has 3 heteroatoms. The van der Waals surface area contributed by atoms with Crippen molar-refractivity contribution < 1.29 is 9.53 Å². The Morgan fingerprint density at radius 1 is 1.40 bits per heavy atom. The van der Waals surface area contributed by atoms with E-state index in [1.54, 1.807) is 13.1 Å². The lowest BCUT2D eigenvalue weighted by Gasteiger charge is -2.25. The highest BCUT2D eigenvalue weighted by molar-refractivity contribution is 5.95. The smallest absolute Gasteiger partial charge is 0.340 e. The van der Waals surface area contributed by atoms with Crippen molar-refractivity contribution in [2.75, 3.05) is 12.4 Å². The van der Waals surface area contributed by atoms with Crippen LogP contribution < -0.4 is 5.32 Å². The molecule has 1 N–H and O–H groups in total. The maximum absolute atomic E-state index is 11.8. The predicted octanol–water partition coefficient (Wildman–Crippen LogP) is 2.44. The third kappa shape index (κ3) is 2.12. The van der Waals surface area contributed by atoms with Gasteiger partial charge in [-0.25, -0.2) is 4.79 Å². The predicted molar refractivity (Wildman–Crippen MR) is 59.0 cm³/mol. The van der Waals surface area contributed by atoms with Crippen molar-refractivity contribution in [2.24, 2.45) is 0 Å². The van der Waals surface area contributed by atoms with Crippen LogP contribution in [0.25, 0.3) is 0 Å². The van der Waals surface area contributed by atoms with Gasteiger partial charge < -0.3 is 10.1 Å². The molecule has 1 aliphatic rings. The Morgan fingerprint density at radius 3 is 2.73 bits per heavy atom. The Labute approximate surface area is 89.4 Å².